The van der Waals surface area contributed by atoms with Crippen molar-refractivity contribution in [2.45, 2.75) is 30.3 Å². The zero-order chi connectivity index (χ0) is 25.1. The van der Waals surface area contributed by atoms with Gasteiger partial charge in [0, 0.05) is 38.2 Å². The van der Waals surface area contributed by atoms with Gasteiger partial charge in [-0.3, -0.25) is 0 Å². The number of methoxy groups -OCH3 is 3. The Hall–Kier alpha value is -3.16. The van der Waals surface area contributed by atoms with Gasteiger partial charge in [0.15, 0.2) is 6.10 Å². The van der Waals surface area contributed by atoms with Crippen LogP contribution in [0.1, 0.15) is 30.9 Å². The third-order valence-corrected chi connectivity index (χ3v) is 5.62. The molecule has 2 rings (SSSR count). The van der Waals surface area contributed by atoms with Crippen LogP contribution < -0.4 is 4.74 Å². The molecule has 0 aliphatic heterocycles. The number of ether oxygens (including phenoxy) is 4. The maximum Gasteiger partial charge on any atom is 0.333 e. The Morgan fingerprint density at radius 3 is 2.43 bits per heavy atom. The van der Waals surface area contributed by atoms with Crippen LogP contribution in [0.4, 0.5) is 0 Å². The van der Waals surface area contributed by atoms with Gasteiger partial charge in [-0.05, 0) is 42.7 Å². The predicted octanol–water partition coefficient (Wildman–Crippen LogP) is 5.47. The summed E-state index contributed by atoms with van der Waals surface area (Å²) in [6, 6.07) is 17.5. The van der Waals surface area contributed by atoms with Gasteiger partial charge in [-0.2, -0.15) is 0 Å². The molecule has 0 N–H and O–H groups in total. The number of rotatable bonds is 12. The van der Waals surface area contributed by atoms with E-state index in [0.29, 0.717) is 30.1 Å². The standard InChI is InChI=1S/C29H32O5S/c1-31-21-11-5-4-7-13-24(14-10-12-22-35-27-15-8-6-9-16-27)29(34-28(30)23-32-2)25-17-19-26(33-3)20-18-25/h6,8-9,14-20,29H,4-5,11,21-23H2,1-3H3/b24-14+. The molecular weight excluding hydrogens is 460 g/mol. The van der Waals surface area contributed by atoms with Gasteiger partial charge in [0.1, 0.15) is 12.4 Å². The fourth-order valence-corrected chi connectivity index (χ4v) is 3.65. The van der Waals surface area contributed by atoms with Crippen LogP contribution in [0.2, 0.25) is 0 Å². The molecule has 0 spiro atoms. The minimum atomic E-state index is -0.703. The van der Waals surface area contributed by atoms with E-state index in [1.807, 2.05) is 42.5 Å². The van der Waals surface area contributed by atoms with Crippen molar-refractivity contribution in [2.24, 2.45) is 0 Å². The molecule has 1 unspecified atom stereocenters. The molecule has 35 heavy (non-hydrogen) atoms. The van der Waals surface area contributed by atoms with Crippen molar-refractivity contribution in [2.75, 3.05) is 40.3 Å². The Bertz CT molecular complexity index is 1040. The molecule has 0 heterocycles. The van der Waals surface area contributed by atoms with Gasteiger partial charge in [0.2, 0.25) is 0 Å². The zero-order valence-corrected chi connectivity index (χ0v) is 21.4. The number of carbonyl (C=O) groups excluding carboxylic acids is 1. The molecule has 0 bridgehead atoms. The van der Waals surface area contributed by atoms with E-state index in [2.05, 4.69) is 35.8 Å². The maximum atomic E-state index is 12.3. The molecule has 0 radical (unpaired) electrons. The summed E-state index contributed by atoms with van der Waals surface area (Å²) in [5.41, 5.74) is 1.39. The van der Waals surface area contributed by atoms with Gasteiger partial charge in [-0.15, -0.1) is 11.8 Å². The molecule has 6 heteroatoms. The topological polar surface area (TPSA) is 54.0 Å². The molecule has 0 aliphatic rings. The number of hydrogen-bond acceptors (Lipinski definition) is 6. The average molecular weight is 493 g/mol. The Labute approximate surface area is 213 Å². The maximum absolute atomic E-state index is 12.3. The van der Waals surface area contributed by atoms with Crippen molar-refractivity contribution in [3.8, 4) is 29.4 Å². The summed E-state index contributed by atoms with van der Waals surface area (Å²) in [7, 11) is 4.75. The number of thioether (sulfide) groups is 1. The van der Waals surface area contributed by atoms with Crippen LogP contribution in [0, 0.1) is 23.7 Å². The van der Waals surface area contributed by atoms with Crippen molar-refractivity contribution < 1.29 is 23.7 Å². The normalized spacial score (nSPS) is 11.5. The highest BCUT2D eigenvalue weighted by atomic mass is 32.2. The summed E-state index contributed by atoms with van der Waals surface area (Å²) < 4.78 is 21.1. The third-order valence-electron chi connectivity index (χ3n) is 4.73. The van der Waals surface area contributed by atoms with Gasteiger partial charge < -0.3 is 18.9 Å². The highest BCUT2D eigenvalue weighted by Crippen LogP contribution is 2.28. The fourth-order valence-electron chi connectivity index (χ4n) is 2.98. The zero-order valence-electron chi connectivity index (χ0n) is 20.5. The second-order valence-electron chi connectivity index (χ2n) is 7.35. The van der Waals surface area contributed by atoms with E-state index in [-0.39, 0.29) is 6.61 Å². The van der Waals surface area contributed by atoms with Crippen molar-refractivity contribution in [1.82, 2.24) is 0 Å². The molecule has 1 atom stereocenters. The van der Waals surface area contributed by atoms with Crippen LogP contribution in [-0.2, 0) is 19.0 Å². The Morgan fingerprint density at radius 1 is 0.971 bits per heavy atom. The van der Waals surface area contributed by atoms with E-state index >= 15 is 0 Å². The van der Waals surface area contributed by atoms with E-state index in [9.17, 15) is 4.79 Å². The van der Waals surface area contributed by atoms with Crippen LogP contribution in [0.15, 0.2) is 71.1 Å². The minimum Gasteiger partial charge on any atom is -0.497 e. The van der Waals surface area contributed by atoms with Gasteiger partial charge >= 0.3 is 5.97 Å². The number of esters is 1. The molecule has 2 aromatic carbocycles. The first-order chi connectivity index (χ1) is 17.2. The van der Waals surface area contributed by atoms with Crippen LogP contribution >= 0.6 is 11.8 Å². The SMILES string of the molecule is COCCCCC#C/C(=C\C#CCSc1ccccc1)C(OC(=O)COC)c1ccc(OC)cc1. The smallest absolute Gasteiger partial charge is 0.333 e. The number of allylic oxidation sites excluding steroid dienone is 1. The molecule has 2 aromatic rings. The molecule has 0 saturated carbocycles. The number of unbranched alkanes of at least 4 members (excludes halogenated alkanes) is 2. The average Bonchev–Trinajstić information content (AvgIpc) is 2.89. The molecule has 0 amide bonds. The van der Waals surface area contributed by atoms with Gasteiger partial charge in [0.05, 0.1) is 18.4 Å². The summed E-state index contributed by atoms with van der Waals surface area (Å²) in [5, 5.41) is 0. The molecule has 184 valence electrons. The van der Waals surface area contributed by atoms with E-state index in [4.69, 9.17) is 18.9 Å². The van der Waals surface area contributed by atoms with Crippen molar-refractivity contribution >= 4 is 17.7 Å². The Balaban J connectivity index is 2.28. The third kappa shape index (κ3) is 11.2. The number of carbonyl (C=O) groups is 1. The highest BCUT2D eigenvalue weighted by Gasteiger charge is 2.20. The van der Waals surface area contributed by atoms with Crippen molar-refractivity contribution in [1.29, 1.82) is 0 Å². The molecule has 0 aliphatic carbocycles. The molecular formula is C29H32O5S. The van der Waals surface area contributed by atoms with Gasteiger partial charge in [-0.25, -0.2) is 4.79 Å². The molecule has 0 saturated heterocycles. The van der Waals surface area contributed by atoms with E-state index in [1.54, 1.807) is 32.1 Å². The summed E-state index contributed by atoms with van der Waals surface area (Å²) in [5.74, 6) is 13.5. The van der Waals surface area contributed by atoms with E-state index in [0.717, 1.165) is 23.3 Å². The first-order valence-electron chi connectivity index (χ1n) is 11.3. The summed E-state index contributed by atoms with van der Waals surface area (Å²) >= 11 is 1.66. The van der Waals surface area contributed by atoms with Gasteiger partial charge in [-0.1, -0.05) is 54.0 Å². The Kier molecular flexibility index (Phi) is 13.9. The van der Waals surface area contributed by atoms with Crippen molar-refractivity contribution in [3.05, 3.63) is 71.8 Å². The minimum absolute atomic E-state index is 0.149. The first-order valence-corrected chi connectivity index (χ1v) is 12.3. The lowest BCUT2D eigenvalue weighted by Crippen LogP contribution is -2.17. The first kappa shape index (κ1) is 28.1. The van der Waals surface area contributed by atoms with Crippen molar-refractivity contribution in [3.63, 3.8) is 0 Å². The quantitative estimate of drug-likeness (QED) is 0.170. The molecule has 0 fully saturated rings. The van der Waals surface area contributed by atoms with E-state index < -0.39 is 12.1 Å². The fraction of sp³-hybridized carbons (Fsp3) is 0.345. The molecule has 5 nitrogen and oxygen atoms in total. The number of hydrogen-bond donors (Lipinski definition) is 0. The van der Waals surface area contributed by atoms with Crippen LogP contribution in [0.3, 0.4) is 0 Å². The summed E-state index contributed by atoms with van der Waals surface area (Å²) in [4.78, 5) is 13.5. The monoisotopic (exact) mass is 492 g/mol. The predicted molar refractivity (Wildman–Crippen MR) is 140 cm³/mol. The lowest BCUT2D eigenvalue weighted by atomic mass is 10.0. The molecule has 0 aromatic heterocycles. The summed E-state index contributed by atoms with van der Waals surface area (Å²) in [6.07, 6.45) is 3.60. The van der Waals surface area contributed by atoms with Crippen LogP contribution in [0.25, 0.3) is 0 Å². The largest absolute Gasteiger partial charge is 0.497 e. The Morgan fingerprint density at radius 2 is 1.74 bits per heavy atom. The lowest BCUT2D eigenvalue weighted by molar-refractivity contribution is -0.151. The van der Waals surface area contributed by atoms with Crippen LogP contribution in [-0.4, -0.2) is 46.3 Å². The van der Waals surface area contributed by atoms with E-state index in [1.165, 1.54) is 7.11 Å². The van der Waals surface area contributed by atoms with Gasteiger partial charge in [0.25, 0.3) is 0 Å². The number of benzene rings is 2. The second-order valence-corrected chi connectivity index (χ2v) is 8.40. The highest BCUT2D eigenvalue weighted by molar-refractivity contribution is 7.99. The lowest BCUT2D eigenvalue weighted by Gasteiger charge is -2.18. The second kappa shape index (κ2) is 17.3. The van der Waals surface area contributed by atoms with Crippen LogP contribution in [0.5, 0.6) is 5.75 Å². The summed E-state index contributed by atoms with van der Waals surface area (Å²) in [6.45, 7) is 0.557.